The summed E-state index contributed by atoms with van der Waals surface area (Å²) in [5.41, 5.74) is 0.483. The second-order valence-corrected chi connectivity index (χ2v) is 5.26. The summed E-state index contributed by atoms with van der Waals surface area (Å²) < 4.78 is 11.9. The molecule has 116 valence electrons. The second kappa shape index (κ2) is 7.79. The molecule has 0 aliphatic carbocycles. The molecule has 0 aliphatic heterocycles. The number of carbonyl (C=O) groups is 1. The molecule has 0 saturated carbocycles. The number of nitrogens with zero attached hydrogens (tertiary/aromatic N) is 1. The summed E-state index contributed by atoms with van der Waals surface area (Å²) in [5, 5.41) is 2.74. The molecule has 5 nitrogen and oxygen atoms in total. The van der Waals surface area contributed by atoms with Gasteiger partial charge in [0.05, 0.1) is 13.2 Å². The SMILES string of the molecule is CCOc1ccc(C(=O)Nc2ccc(Br)cn2)cc1OCC. The zero-order valence-electron chi connectivity index (χ0n) is 12.4. The Morgan fingerprint density at radius 3 is 2.50 bits per heavy atom. The Kier molecular flexibility index (Phi) is 5.77. The smallest absolute Gasteiger partial charge is 0.256 e. The standard InChI is InChI=1S/C16H17BrN2O3/c1-3-21-13-7-5-11(9-14(13)22-4-2)16(20)19-15-8-6-12(17)10-18-15/h5-10H,3-4H2,1-2H3,(H,18,19,20). The largest absolute Gasteiger partial charge is 0.490 e. The molecular formula is C16H17BrN2O3. The Bertz CT molecular complexity index is 644. The van der Waals surface area contributed by atoms with E-state index in [1.165, 1.54) is 0 Å². The number of anilines is 1. The highest BCUT2D eigenvalue weighted by Crippen LogP contribution is 2.28. The number of amides is 1. The van der Waals surface area contributed by atoms with E-state index in [9.17, 15) is 4.79 Å². The van der Waals surface area contributed by atoms with E-state index in [4.69, 9.17) is 9.47 Å². The molecule has 6 heteroatoms. The van der Waals surface area contributed by atoms with Crippen LogP contribution < -0.4 is 14.8 Å². The second-order valence-electron chi connectivity index (χ2n) is 4.34. The van der Waals surface area contributed by atoms with Gasteiger partial charge in [-0.05, 0) is 60.1 Å². The topological polar surface area (TPSA) is 60.5 Å². The van der Waals surface area contributed by atoms with E-state index in [1.54, 1.807) is 30.5 Å². The molecule has 0 atom stereocenters. The Morgan fingerprint density at radius 1 is 1.14 bits per heavy atom. The van der Waals surface area contributed by atoms with Crippen LogP contribution in [0.2, 0.25) is 0 Å². The number of rotatable bonds is 6. The van der Waals surface area contributed by atoms with E-state index < -0.39 is 0 Å². The van der Waals surface area contributed by atoms with Gasteiger partial charge in [0.15, 0.2) is 11.5 Å². The number of hydrogen-bond donors (Lipinski definition) is 1. The highest BCUT2D eigenvalue weighted by molar-refractivity contribution is 9.10. The monoisotopic (exact) mass is 364 g/mol. The van der Waals surface area contributed by atoms with Crippen LogP contribution in [0.5, 0.6) is 11.5 Å². The summed E-state index contributed by atoms with van der Waals surface area (Å²) in [5.74, 6) is 1.42. The fourth-order valence-electron chi connectivity index (χ4n) is 1.83. The lowest BCUT2D eigenvalue weighted by Gasteiger charge is -2.12. The molecule has 1 aromatic heterocycles. The van der Waals surface area contributed by atoms with Crippen molar-refractivity contribution >= 4 is 27.7 Å². The number of nitrogens with one attached hydrogen (secondary N) is 1. The third-order valence-electron chi connectivity index (χ3n) is 2.77. The van der Waals surface area contributed by atoms with E-state index in [-0.39, 0.29) is 5.91 Å². The normalized spacial score (nSPS) is 10.1. The summed E-state index contributed by atoms with van der Waals surface area (Å²) in [6.07, 6.45) is 1.62. The maximum atomic E-state index is 12.3. The molecule has 0 radical (unpaired) electrons. The molecule has 0 unspecified atom stereocenters. The Hall–Kier alpha value is -2.08. The van der Waals surface area contributed by atoms with Gasteiger partial charge in [0, 0.05) is 16.2 Å². The molecule has 0 saturated heterocycles. The summed E-state index contributed by atoms with van der Waals surface area (Å²) in [6.45, 7) is 4.82. The number of carbonyl (C=O) groups excluding carboxylic acids is 1. The summed E-state index contributed by atoms with van der Waals surface area (Å²) in [7, 11) is 0. The molecule has 1 aromatic carbocycles. The van der Waals surface area contributed by atoms with Crippen LogP contribution in [0.3, 0.4) is 0 Å². The van der Waals surface area contributed by atoms with E-state index in [2.05, 4.69) is 26.2 Å². The number of benzene rings is 1. The van der Waals surface area contributed by atoms with Gasteiger partial charge in [-0.2, -0.15) is 0 Å². The lowest BCUT2D eigenvalue weighted by atomic mass is 10.2. The number of halogens is 1. The molecule has 0 fully saturated rings. The summed E-state index contributed by atoms with van der Waals surface area (Å²) in [4.78, 5) is 16.4. The van der Waals surface area contributed by atoms with E-state index >= 15 is 0 Å². The zero-order chi connectivity index (χ0) is 15.9. The van der Waals surface area contributed by atoms with E-state index in [0.717, 1.165) is 4.47 Å². The average molecular weight is 365 g/mol. The number of ether oxygens (including phenoxy) is 2. The van der Waals surface area contributed by atoms with Crippen LogP contribution in [-0.4, -0.2) is 24.1 Å². The van der Waals surface area contributed by atoms with Gasteiger partial charge >= 0.3 is 0 Å². The fraction of sp³-hybridized carbons (Fsp3) is 0.250. The van der Waals surface area contributed by atoms with Crippen molar-refractivity contribution < 1.29 is 14.3 Å². The minimum absolute atomic E-state index is 0.251. The summed E-state index contributed by atoms with van der Waals surface area (Å²) >= 11 is 3.30. The van der Waals surface area contributed by atoms with Crippen molar-refractivity contribution in [2.75, 3.05) is 18.5 Å². The van der Waals surface area contributed by atoms with Crippen molar-refractivity contribution in [1.82, 2.24) is 4.98 Å². The molecule has 0 spiro atoms. The molecule has 2 aromatic rings. The molecule has 0 bridgehead atoms. The van der Waals surface area contributed by atoms with Gasteiger partial charge in [0.1, 0.15) is 5.82 Å². The lowest BCUT2D eigenvalue weighted by molar-refractivity contribution is 0.102. The van der Waals surface area contributed by atoms with Crippen molar-refractivity contribution in [2.45, 2.75) is 13.8 Å². The molecule has 2 rings (SSSR count). The first-order chi connectivity index (χ1) is 10.6. The molecule has 1 heterocycles. The first kappa shape index (κ1) is 16.3. The third-order valence-corrected chi connectivity index (χ3v) is 3.24. The van der Waals surface area contributed by atoms with Gasteiger partial charge < -0.3 is 14.8 Å². The van der Waals surface area contributed by atoms with Crippen LogP contribution >= 0.6 is 15.9 Å². The van der Waals surface area contributed by atoms with Crippen molar-refractivity contribution in [3.05, 3.63) is 46.6 Å². The third kappa shape index (κ3) is 4.21. The molecule has 22 heavy (non-hydrogen) atoms. The van der Waals surface area contributed by atoms with Crippen LogP contribution in [-0.2, 0) is 0 Å². The van der Waals surface area contributed by atoms with Crippen LogP contribution in [0, 0.1) is 0 Å². The zero-order valence-corrected chi connectivity index (χ0v) is 14.0. The van der Waals surface area contributed by atoms with Gasteiger partial charge in [0.25, 0.3) is 5.91 Å². The minimum atomic E-state index is -0.251. The molecule has 1 amide bonds. The van der Waals surface area contributed by atoms with Crippen molar-refractivity contribution in [2.24, 2.45) is 0 Å². The van der Waals surface area contributed by atoms with E-state index in [0.29, 0.717) is 36.1 Å². The van der Waals surface area contributed by atoms with Gasteiger partial charge in [0.2, 0.25) is 0 Å². The molecule has 1 N–H and O–H groups in total. The van der Waals surface area contributed by atoms with Crippen LogP contribution in [0.15, 0.2) is 41.0 Å². The molecular weight excluding hydrogens is 348 g/mol. The Labute approximate surface area is 137 Å². The predicted octanol–water partition coefficient (Wildman–Crippen LogP) is 3.89. The van der Waals surface area contributed by atoms with E-state index in [1.807, 2.05) is 19.9 Å². The molecule has 0 aliphatic rings. The number of aromatic nitrogens is 1. The van der Waals surface area contributed by atoms with Gasteiger partial charge in [-0.25, -0.2) is 4.98 Å². The van der Waals surface area contributed by atoms with Gasteiger partial charge in [-0.3, -0.25) is 4.79 Å². The average Bonchev–Trinajstić information content (AvgIpc) is 2.51. The van der Waals surface area contributed by atoms with Crippen LogP contribution in [0.1, 0.15) is 24.2 Å². The fourth-order valence-corrected chi connectivity index (χ4v) is 2.07. The lowest BCUT2D eigenvalue weighted by Crippen LogP contribution is -2.13. The van der Waals surface area contributed by atoms with Gasteiger partial charge in [-0.15, -0.1) is 0 Å². The highest BCUT2D eigenvalue weighted by Gasteiger charge is 2.12. The van der Waals surface area contributed by atoms with Crippen molar-refractivity contribution in [3.63, 3.8) is 0 Å². The number of pyridine rings is 1. The van der Waals surface area contributed by atoms with Crippen molar-refractivity contribution in [1.29, 1.82) is 0 Å². The highest BCUT2D eigenvalue weighted by atomic mass is 79.9. The Balaban J connectivity index is 2.18. The number of hydrogen-bond acceptors (Lipinski definition) is 4. The predicted molar refractivity (Wildman–Crippen MR) is 88.7 cm³/mol. The first-order valence-corrected chi connectivity index (χ1v) is 7.76. The van der Waals surface area contributed by atoms with Crippen LogP contribution in [0.25, 0.3) is 0 Å². The Morgan fingerprint density at radius 2 is 1.86 bits per heavy atom. The van der Waals surface area contributed by atoms with Crippen LogP contribution in [0.4, 0.5) is 5.82 Å². The minimum Gasteiger partial charge on any atom is -0.490 e. The quantitative estimate of drug-likeness (QED) is 0.844. The summed E-state index contributed by atoms with van der Waals surface area (Å²) in [6, 6.07) is 8.63. The first-order valence-electron chi connectivity index (χ1n) is 6.96. The van der Waals surface area contributed by atoms with Gasteiger partial charge in [-0.1, -0.05) is 0 Å². The maximum absolute atomic E-state index is 12.3. The van der Waals surface area contributed by atoms with Crippen molar-refractivity contribution in [3.8, 4) is 11.5 Å². The maximum Gasteiger partial charge on any atom is 0.256 e.